The fourth-order valence-corrected chi connectivity index (χ4v) is 2.82. The lowest BCUT2D eigenvalue weighted by atomic mass is 10.0. The molecule has 0 unspecified atom stereocenters. The molecule has 2 aliphatic rings. The molecule has 3 rings (SSSR count). The highest BCUT2D eigenvalue weighted by atomic mass is 19.1. The van der Waals surface area contributed by atoms with Crippen molar-refractivity contribution in [1.82, 2.24) is 4.90 Å². The van der Waals surface area contributed by atoms with E-state index in [0.717, 1.165) is 0 Å². The van der Waals surface area contributed by atoms with Crippen LogP contribution >= 0.6 is 0 Å². The lowest BCUT2D eigenvalue weighted by molar-refractivity contribution is -0.181. The molecule has 114 valence electrons. The average Bonchev–Trinajstić information content (AvgIpc) is 2.95. The molecule has 2 aliphatic heterocycles. The molecule has 2 fully saturated rings. The third-order valence-corrected chi connectivity index (χ3v) is 4.02. The van der Waals surface area contributed by atoms with Crippen LogP contribution in [0, 0.1) is 5.82 Å². The highest BCUT2D eigenvalue weighted by Gasteiger charge is 2.40. The Hall–Kier alpha value is -1.66. The normalized spacial score (nSPS) is 20.8. The summed E-state index contributed by atoms with van der Waals surface area (Å²) in [5, 5.41) is 0. The molecule has 1 aromatic carbocycles. The maximum Gasteiger partial charge on any atom is 0.253 e. The van der Waals surface area contributed by atoms with Gasteiger partial charge in [-0.3, -0.25) is 4.79 Å². The molecule has 0 atom stereocenters. The van der Waals surface area contributed by atoms with Gasteiger partial charge in [0.15, 0.2) is 17.4 Å². The summed E-state index contributed by atoms with van der Waals surface area (Å²) in [5.41, 5.74) is 0.331. The molecule has 2 saturated heterocycles. The summed E-state index contributed by atoms with van der Waals surface area (Å²) in [7, 11) is 1.39. The Kier molecular flexibility index (Phi) is 3.82. The van der Waals surface area contributed by atoms with Crippen LogP contribution in [0.4, 0.5) is 4.39 Å². The maximum absolute atomic E-state index is 13.7. The summed E-state index contributed by atoms with van der Waals surface area (Å²) in [6, 6.07) is 4.27. The summed E-state index contributed by atoms with van der Waals surface area (Å²) in [5.74, 6) is -1.08. The van der Waals surface area contributed by atoms with Crippen LogP contribution < -0.4 is 4.74 Å². The molecule has 0 aliphatic carbocycles. The number of carbonyl (C=O) groups excluding carboxylic acids is 1. The van der Waals surface area contributed by atoms with E-state index >= 15 is 0 Å². The van der Waals surface area contributed by atoms with E-state index in [1.54, 1.807) is 11.0 Å². The van der Waals surface area contributed by atoms with Crippen LogP contribution in [0.25, 0.3) is 0 Å². The zero-order valence-electron chi connectivity index (χ0n) is 11.9. The van der Waals surface area contributed by atoms with Crippen molar-refractivity contribution in [3.05, 3.63) is 29.6 Å². The van der Waals surface area contributed by atoms with Gasteiger partial charge in [0.05, 0.1) is 20.3 Å². The van der Waals surface area contributed by atoms with E-state index in [9.17, 15) is 9.18 Å². The van der Waals surface area contributed by atoms with E-state index in [4.69, 9.17) is 14.2 Å². The maximum atomic E-state index is 13.7. The predicted molar refractivity (Wildman–Crippen MR) is 72.7 cm³/mol. The summed E-state index contributed by atoms with van der Waals surface area (Å²) in [6.45, 7) is 2.31. The molecule has 6 heteroatoms. The molecule has 0 bridgehead atoms. The number of methoxy groups -OCH3 is 1. The topological polar surface area (TPSA) is 48.0 Å². The minimum atomic E-state index is -0.528. The fourth-order valence-electron chi connectivity index (χ4n) is 2.82. The molecule has 2 heterocycles. The van der Waals surface area contributed by atoms with Gasteiger partial charge < -0.3 is 19.1 Å². The average molecular weight is 295 g/mol. The molecule has 21 heavy (non-hydrogen) atoms. The number of hydrogen-bond acceptors (Lipinski definition) is 4. The van der Waals surface area contributed by atoms with Crippen molar-refractivity contribution in [1.29, 1.82) is 0 Å². The number of rotatable bonds is 2. The largest absolute Gasteiger partial charge is 0.494 e. The molecule has 1 amide bonds. The molecule has 0 radical (unpaired) electrons. The predicted octanol–water partition coefficient (Wildman–Crippen LogP) is 1.81. The van der Waals surface area contributed by atoms with Crippen LogP contribution in [0.2, 0.25) is 0 Å². The number of carbonyl (C=O) groups is 1. The first-order valence-electron chi connectivity index (χ1n) is 7.04. The van der Waals surface area contributed by atoms with Gasteiger partial charge in [-0.05, 0) is 18.2 Å². The van der Waals surface area contributed by atoms with E-state index in [-0.39, 0.29) is 11.7 Å². The standard InChI is InChI=1S/C15H18FNO4/c1-19-13-3-2-11(10-12(13)16)14(18)17-6-4-15(5-7-17)20-8-9-21-15/h2-3,10H,4-9H2,1H3. The molecular formula is C15H18FNO4. The van der Waals surface area contributed by atoms with Gasteiger partial charge in [-0.25, -0.2) is 4.39 Å². The van der Waals surface area contributed by atoms with Crippen molar-refractivity contribution in [2.24, 2.45) is 0 Å². The van der Waals surface area contributed by atoms with Crippen molar-refractivity contribution in [3.8, 4) is 5.75 Å². The first-order chi connectivity index (χ1) is 10.1. The number of halogens is 1. The third-order valence-electron chi connectivity index (χ3n) is 4.02. The monoisotopic (exact) mass is 295 g/mol. The number of hydrogen-bond donors (Lipinski definition) is 0. The molecule has 5 nitrogen and oxygen atoms in total. The minimum absolute atomic E-state index is 0.136. The number of amides is 1. The molecule has 0 N–H and O–H groups in total. The molecule has 1 aromatic rings. The quantitative estimate of drug-likeness (QED) is 0.835. The SMILES string of the molecule is COc1ccc(C(=O)N2CCC3(CC2)OCCO3)cc1F. The molecule has 0 saturated carbocycles. The smallest absolute Gasteiger partial charge is 0.253 e. The summed E-state index contributed by atoms with van der Waals surface area (Å²) in [6.07, 6.45) is 1.30. The van der Waals surface area contributed by atoms with E-state index in [1.807, 2.05) is 0 Å². The van der Waals surface area contributed by atoms with E-state index in [0.29, 0.717) is 44.7 Å². The fraction of sp³-hybridized carbons (Fsp3) is 0.533. The van der Waals surface area contributed by atoms with Gasteiger partial charge in [0.25, 0.3) is 5.91 Å². The van der Waals surface area contributed by atoms with Crippen LogP contribution in [0.3, 0.4) is 0 Å². The van der Waals surface area contributed by atoms with Crippen molar-refractivity contribution in [2.45, 2.75) is 18.6 Å². The zero-order chi connectivity index (χ0) is 14.9. The van der Waals surface area contributed by atoms with Crippen molar-refractivity contribution in [2.75, 3.05) is 33.4 Å². The first kappa shape index (κ1) is 14.3. The second kappa shape index (κ2) is 5.61. The Morgan fingerprint density at radius 1 is 1.29 bits per heavy atom. The zero-order valence-corrected chi connectivity index (χ0v) is 11.9. The van der Waals surface area contributed by atoms with Gasteiger partial charge in [-0.15, -0.1) is 0 Å². The summed E-state index contributed by atoms with van der Waals surface area (Å²) < 4.78 is 29.8. The Morgan fingerprint density at radius 3 is 2.52 bits per heavy atom. The van der Waals surface area contributed by atoms with E-state index in [2.05, 4.69) is 0 Å². The number of piperidine rings is 1. The number of nitrogens with zero attached hydrogens (tertiary/aromatic N) is 1. The first-order valence-corrected chi connectivity index (χ1v) is 7.04. The van der Waals surface area contributed by atoms with Gasteiger partial charge in [0, 0.05) is 31.5 Å². The van der Waals surface area contributed by atoms with Gasteiger partial charge in [-0.1, -0.05) is 0 Å². The van der Waals surface area contributed by atoms with E-state index < -0.39 is 11.6 Å². The Labute approximate surface area is 122 Å². The van der Waals surface area contributed by atoms with Crippen LogP contribution in [0.1, 0.15) is 23.2 Å². The Balaban J connectivity index is 1.67. The van der Waals surface area contributed by atoms with Crippen molar-refractivity contribution >= 4 is 5.91 Å². The van der Waals surface area contributed by atoms with Crippen LogP contribution in [0.15, 0.2) is 18.2 Å². The lowest BCUT2D eigenvalue weighted by Crippen LogP contribution is -2.47. The Morgan fingerprint density at radius 2 is 1.95 bits per heavy atom. The van der Waals surface area contributed by atoms with Crippen LogP contribution in [0.5, 0.6) is 5.75 Å². The highest BCUT2D eigenvalue weighted by Crippen LogP contribution is 2.32. The third kappa shape index (κ3) is 2.73. The van der Waals surface area contributed by atoms with Gasteiger partial charge in [0.2, 0.25) is 0 Å². The molecular weight excluding hydrogens is 277 g/mol. The second-order valence-corrected chi connectivity index (χ2v) is 5.25. The molecule has 0 aromatic heterocycles. The van der Waals surface area contributed by atoms with Gasteiger partial charge in [0.1, 0.15) is 0 Å². The van der Waals surface area contributed by atoms with Gasteiger partial charge >= 0.3 is 0 Å². The van der Waals surface area contributed by atoms with Crippen molar-refractivity contribution < 1.29 is 23.4 Å². The Bertz CT molecular complexity index is 532. The van der Waals surface area contributed by atoms with Crippen LogP contribution in [-0.2, 0) is 9.47 Å². The van der Waals surface area contributed by atoms with Gasteiger partial charge in [-0.2, -0.15) is 0 Å². The second-order valence-electron chi connectivity index (χ2n) is 5.25. The number of benzene rings is 1. The summed E-state index contributed by atoms with van der Waals surface area (Å²) >= 11 is 0. The van der Waals surface area contributed by atoms with Crippen LogP contribution in [-0.4, -0.2) is 50.0 Å². The van der Waals surface area contributed by atoms with Crippen molar-refractivity contribution in [3.63, 3.8) is 0 Å². The summed E-state index contributed by atoms with van der Waals surface area (Å²) in [4.78, 5) is 14.1. The highest BCUT2D eigenvalue weighted by molar-refractivity contribution is 5.94. The number of likely N-dealkylation sites (tertiary alicyclic amines) is 1. The van der Waals surface area contributed by atoms with E-state index in [1.165, 1.54) is 19.2 Å². The lowest BCUT2D eigenvalue weighted by Gasteiger charge is -2.37. The number of ether oxygens (including phenoxy) is 3. The molecule has 1 spiro atoms. The minimum Gasteiger partial charge on any atom is -0.494 e.